The number of hydrogen-bond acceptors (Lipinski definition) is 2. The minimum Gasteiger partial charge on any atom is -0.294 e. The van der Waals surface area contributed by atoms with Crippen molar-refractivity contribution in [2.24, 2.45) is 0 Å². The van der Waals surface area contributed by atoms with Crippen molar-refractivity contribution < 1.29 is 4.79 Å². The van der Waals surface area contributed by atoms with Crippen LogP contribution in [0.4, 0.5) is 0 Å². The van der Waals surface area contributed by atoms with Gasteiger partial charge in [0.1, 0.15) is 0 Å². The van der Waals surface area contributed by atoms with Crippen molar-refractivity contribution in [2.75, 3.05) is 13.1 Å². The number of rotatable bonds is 3. The summed E-state index contributed by atoms with van der Waals surface area (Å²) in [6.45, 7) is 3.70. The van der Waals surface area contributed by atoms with Crippen molar-refractivity contribution in [3.8, 4) is 0 Å². The second kappa shape index (κ2) is 7.12. The van der Waals surface area contributed by atoms with Crippen molar-refractivity contribution in [3.63, 3.8) is 0 Å². The quantitative estimate of drug-likeness (QED) is 0.758. The number of carbonyl (C=O) groups excluding carboxylic acids is 1. The van der Waals surface area contributed by atoms with Gasteiger partial charge in [0.05, 0.1) is 0 Å². The van der Waals surface area contributed by atoms with Crippen LogP contribution in [0.3, 0.4) is 0 Å². The molecule has 0 aliphatic carbocycles. The van der Waals surface area contributed by atoms with Crippen LogP contribution in [0.2, 0.25) is 5.02 Å². The molecule has 0 saturated carbocycles. The van der Waals surface area contributed by atoms with Gasteiger partial charge in [0.25, 0.3) is 0 Å². The summed E-state index contributed by atoms with van der Waals surface area (Å²) in [7, 11) is 0. The Morgan fingerprint density at radius 2 is 1.78 bits per heavy atom. The average Bonchev–Trinajstić information content (AvgIpc) is 2.59. The Kier molecular flexibility index (Phi) is 4.94. The van der Waals surface area contributed by atoms with Crippen LogP contribution in [-0.4, -0.2) is 23.8 Å². The summed E-state index contributed by atoms with van der Waals surface area (Å²) in [5.74, 6) is 0.247. The van der Waals surface area contributed by atoms with Crippen LogP contribution in [0.25, 0.3) is 6.08 Å². The molecule has 1 saturated heterocycles. The Morgan fingerprint density at radius 3 is 2.48 bits per heavy atom. The molecule has 1 heterocycles. The monoisotopic (exact) mass is 325 g/mol. The first-order valence-corrected chi connectivity index (χ1v) is 8.29. The number of benzene rings is 2. The Balaban J connectivity index is 1.79. The van der Waals surface area contributed by atoms with Gasteiger partial charge < -0.3 is 0 Å². The number of ketones is 1. The molecule has 0 N–H and O–H groups in total. The molecule has 0 bridgehead atoms. The highest BCUT2D eigenvalue weighted by molar-refractivity contribution is 6.30. The van der Waals surface area contributed by atoms with E-state index in [-0.39, 0.29) is 5.78 Å². The van der Waals surface area contributed by atoms with Gasteiger partial charge in [0.15, 0.2) is 5.78 Å². The van der Waals surface area contributed by atoms with Crippen LogP contribution in [0, 0.1) is 0 Å². The van der Waals surface area contributed by atoms with Crippen LogP contribution in [-0.2, 0) is 4.79 Å². The molecular weight excluding hydrogens is 306 g/mol. The molecule has 23 heavy (non-hydrogen) atoms. The van der Waals surface area contributed by atoms with Gasteiger partial charge in [-0.2, -0.15) is 0 Å². The number of nitrogens with zero attached hydrogens (tertiary/aromatic N) is 1. The van der Waals surface area contributed by atoms with Crippen molar-refractivity contribution in [3.05, 3.63) is 76.3 Å². The fourth-order valence-electron chi connectivity index (χ4n) is 2.95. The van der Waals surface area contributed by atoms with E-state index in [1.807, 2.05) is 36.4 Å². The van der Waals surface area contributed by atoms with Crippen molar-refractivity contribution in [1.82, 2.24) is 4.90 Å². The molecule has 0 unspecified atom stereocenters. The summed E-state index contributed by atoms with van der Waals surface area (Å²) in [5.41, 5.74) is 3.18. The number of hydrogen-bond donors (Lipinski definition) is 0. The van der Waals surface area contributed by atoms with E-state index in [0.29, 0.717) is 24.0 Å². The Hall–Kier alpha value is -1.90. The Labute approximate surface area is 142 Å². The topological polar surface area (TPSA) is 20.3 Å². The van der Waals surface area contributed by atoms with Gasteiger partial charge >= 0.3 is 0 Å². The van der Waals surface area contributed by atoms with E-state index >= 15 is 0 Å². The fourth-order valence-corrected chi connectivity index (χ4v) is 3.08. The minimum absolute atomic E-state index is 0.247. The molecule has 2 aromatic carbocycles. The number of piperidine rings is 1. The number of Topliss-reactive ketones (excluding diaryl/α,β-unsaturated/α-hetero) is 1. The fraction of sp³-hybridized carbons (Fsp3) is 0.250. The third kappa shape index (κ3) is 3.90. The van der Waals surface area contributed by atoms with Gasteiger partial charge in [0.2, 0.25) is 0 Å². The van der Waals surface area contributed by atoms with Crippen molar-refractivity contribution in [1.29, 1.82) is 0 Å². The van der Waals surface area contributed by atoms with E-state index in [2.05, 4.69) is 36.1 Å². The van der Waals surface area contributed by atoms with Gasteiger partial charge in [0, 0.05) is 36.1 Å². The van der Waals surface area contributed by atoms with Gasteiger partial charge in [-0.3, -0.25) is 9.69 Å². The molecular formula is C20H20ClNO. The van der Waals surface area contributed by atoms with Crippen LogP contribution in [0.5, 0.6) is 0 Å². The third-order valence-electron chi connectivity index (χ3n) is 4.40. The molecule has 1 atom stereocenters. The SMILES string of the molecule is C[C@H](c1ccccc1)N1CCC(=O)/C(=C/c2ccc(Cl)cc2)C1. The van der Waals surface area contributed by atoms with E-state index in [0.717, 1.165) is 17.7 Å². The zero-order chi connectivity index (χ0) is 16.2. The van der Waals surface area contributed by atoms with Crippen LogP contribution in [0.1, 0.15) is 30.5 Å². The maximum absolute atomic E-state index is 12.2. The molecule has 3 rings (SSSR count). The molecule has 0 aromatic heterocycles. The second-order valence-electron chi connectivity index (χ2n) is 5.95. The first kappa shape index (κ1) is 16.0. The van der Waals surface area contributed by atoms with Gasteiger partial charge in [-0.25, -0.2) is 0 Å². The van der Waals surface area contributed by atoms with Gasteiger partial charge in [-0.05, 0) is 36.3 Å². The summed E-state index contributed by atoms with van der Waals surface area (Å²) in [4.78, 5) is 14.6. The molecule has 118 valence electrons. The molecule has 0 amide bonds. The van der Waals surface area contributed by atoms with Crippen LogP contribution >= 0.6 is 11.6 Å². The van der Waals surface area contributed by atoms with Gasteiger partial charge in [-0.15, -0.1) is 0 Å². The lowest BCUT2D eigenvalue weighted by Gasteiger charge is -2.33. The normalized spacial score (nSPS) is 19.0. The average molecular weight is 326 g/mol. The largest absolute Gasteiger partial charge is 0.294 e. The molecule has 2 nitrogen and oxygen atoms in total. The lowest BCUT2D eigenvalue weighted by Crippen LogP contribution is -2.37. The van der Waals surface area contributed by atoms with Gasteiger partial charge in [-0.1, -0.05) is 54.1 Å². The standard InChI is InChI=1S/C20H20ClNO/c1-15(17-5-3-2-4-6-17)22-12-11-20(23)18(14-22)13-16-7-9-19(21)10-8-16/h2-10,13,15H,11-12,14H2,1H3/b18-13+/t15-/m1/s1. The number of carbonyl (C=O) groups is 1. The van der Waals surface area contributed by atoms with Crippen LogP contribution in [0.15, 0.2) is 60.2 Å². The maximum Gasteiger partial charge on any atom is 0.161 e. The lowest BCUT2D eigenvalue weighted by molar-refractivity contribution is -0.117. The second-order valence-corrected chi connectivity index (χ2v) is 6.39. The molecule has 1 aliphatic rings. The predicted molar refractivity (Wildman–Crippen MR) is 95.5 cm³/mol. The minimum atomic E-state index is 0.247. The summed E-state index contributed by atoms with van der Waals surface area (Å²) in [6.07, 6.45) is 2.57. The molecule has 3 heteroatoms. The first-order chi connectivity index (χ1) is 11.1. The van der Waals surface area contributed by atoms with E-state index < -0.39 is 0 Å². The molecule has 1 fully saturated rings. The Morgan fingerprint density at radius 1 is 1.09 bits per heavy atom. The molecule has 0 radical (unpaired) electrons. The predicted octanol–water partition coefficient (Wildman–Crippen LogP) is 4.76. The third-order valence-corrected chi connectivity index (χ3v) is 4.65. The van der Waals surface area contributed by atoms with E-state index in [9.17, 15) is 4.79 Å². The smallest absolute Gasteiger partial charge is 0.161 e. The Bertz CT molecular complexity index is 706. The molecule has 1 aliphatic heterocycles. The van der Waals surface area contributed by atoms with E-state index in [1.165, 1.54) is 5.56 Å². The van der Waals surface area contributed by atoms with Crippen LogP contribution < -0.4 is 0 Å². The van der Waals surface area contributed by atoms with E-state index in [1.54, 1.807) is 0 Å². The summed E-state index contributed by atoms with van der Waals surface area (Å²) in [5, 5.41) is 0.710. The highest BCUT2D eigenvalue weighted by Gasteiger charge is 2.25. The highest BCUT2D eigenvalue weighted by Crippen LogP contribution is 2.26. The summed E-state index contributed by atoms with van der Waals surface area (Å²) < 4.78 is 0. The van der Waals surface area contributed by atoms with Crippen molar-refractivity contribution in [2.45, 2.75) is 19.4 Å². The molecule has 2 aromatic rings. The summed E-state index contributed by atoms with van der Waals surface area (Å²) in [6, 6.07) is 18.3. The lowest BCUT2D eigenvalue weighted by atomic mass is 9.97. The number of likely N-dealkylation sites (tertiary alicyclic amines) is 1. The van der Waals surface area contributed by atoms with E-state index in [4.69, 9.17) is 11.6 Å². The zero-order valence-corrected chi connectivity index (χ0v) is 14.0. The zero-order valence-electron chi connectivity index (χ0n) is 13.2. The highest BCUT2D eigenvalue weighted by atomic mass is 35.5. The molecule has 0 spiro atoms. The maximum atomic E-state index is 12.2. The van der Waals surface area contributed by atoms with Crippen molar-refractivity contribution >= 4 is 23.5 Å². The summed E-state index contributed by atoms with van der Waals surface area (Å²) >= 11 is 5.92. The first-order valence-electron chi connectivity index (χ1n) is 7.92. The number of halogens is 1.